The number of ether oxygens (including phenoxy) is 1. The minimum absolute atomic E-state index is 0.132. The highest BCUT2D eigenvalue weighted by Gasteiger charge is 2.12. The maximum atomic E-state index is 12.0. The Balaban J connectivity index is 2.54. The van der Waals surface area contributed by atoms with Crippen molar-refractivity contribution in [3.05, 3.63) is 28.8 Å². The molecule has 6 heteroatoms. The Bertz CT molecular complexity index is 506. The predicted octanol–water partition coefficient (Wildman–Crippen LogP) is 2.47. The summed E-state index contributed by atoms with van der Waals surface area (Å²) in [5.74, 6) is -0.411. The number of halogens is 1. The van der Waals surface area contributed by atoms with Crippen LogP contribution >= 0.6 is 11.6 Å². The molecule has 0 saturated heterocycles. The molecule has 0 bridgehead atoms. The number of hydrogen-bond donors (Lipinski definition) is 1. The fourth-order valence-corrected chi connectivity index (χ4v) is 1.99. The number of aryl methyl sites for hydroxylation is 1. The Morgan fingerprint density at radius 2 is 2.10 bits per heavy atom. The molecule has 0 saturated carbocycles. The first kappa shape index (κ1) is 17.5. The molecule has 0 aliphatic heterocycles. The van der Waals surface area contributed by atoms with Crippen LogP contribution in [0.25, 0.3) is 0 Å². The molecule has 1 amide bonds. The van der Waals surface area contributed by atoms with Crippen LogP contribution in [0.2, 0.25) is 5.02 Å². The lowest BCUT2D eigenvalue weighted by Gasteiger charge is -2.19. The van der Waals surface area contributed by atoms with Gasteiger partial charge in [-0.2, -0.15) is 0 Å². The molecule has 21 heavy (non-hydrogen) atoms. The van der Waals surface area contributed by atoms with Gasteiger partial charge >= 0.3 is 5.97 Å². The number of hydrogen-bond acceptors (Lipinski definition) is 4. The van der Waals surface area contributed by atoms with Gasteiger partial charge in [-0.25, -0.2) is 0 Å². The van der Waals surface area contributed by atoms with Crippen molar-refractivity contribution in [2.75, 3.05) is 32.1 Å². The monoisotopic (exact) mass is 312 g/mol. The number of methoxy groups -OCH3 is 1. The van der Waals surface area contributed by atoms with Gasteiger partial charge in [-0.15, -0.1) is 0 Å². The molecule has 1 aromatic carbocycles. The summed E-state index contributed by atoms with van der Waals surface area (Å²) >= 11 is 5.92. The Morgan fingerprint density at radius 1 is 1.38 bits per heavy atom. The molecule has 1 rings (SSSR count). The molecule has 1 aromatic rings. The number of esters is 1. The number of nitrogens with one attached hydrogen (secondary N) is 1. The zero-order valence-electron chi connectivity index (χ0n) is 12.6. The third-order valence-corrected chi connectivity index (χ3v) is 3.38. The molecule has 0 atom stereocenters. The first-order valence-electron chi connectivity index (χ1n) is 6.81. The Morgan fingerprint density at radius 3 is 2.71 bits per heavy atom. The molecule has 0 heterocycles. The van der Waals surface area contributed by atoms with Gasteiger partial charge in [-0.05, 0) is 31.2 Å². The van der Waals surface area contributed by atoms with Crippen LogP contribution < -0.4 is 5.32 Å². The highest BCUT2D eigenvalue weighted by molar-refractivity contribution is 6.31. The minimum atomic E-state index is -0.278. The smallest absolute Gasteiger partial charge is 0.306 e. The summed E-state index contributed by atoms with van der Waals surface area (Å²) in [5, 5.41) is 3.41. The zero-order valence-corrected chi connectivity index (χ0v) is 13.4. The second-order valence-electron chi connectivity index (χ2n) is 4.70. The van der Waals surface area contributed by atoms with E-state index < -0.39 is 0 Å². The van der Waals surface area contributed by atoms with Gasteiger partial charge in [0, 0.05) is 17.3 Å². The molecule has 0 aliphatic rings. The maximum absolute atomic E-state index is 12.0. The first-order valence-corrected chi connectivity index (χ1v) is 7.19. The number of likely N-dealkylation sites (N-methyl/N-ethyl adjacent to an activating group) is 1. The summed E-state index contributed by atoms with van der Waals surface area (Å²) in [4.78, 5) is 25.1. The standard InChI is InChI=1S/C15H21ClN2O3/c1-4-18(8-7-15(20)21-3)10-14(19)17-13-9-12(16)6-5-11(13)2/h5-6,9H,4,7-8,10H2,1-3H3,(H,17,19). The third kappa shape index (κ3) is 6.14. The fraction of sp³-hybridized carbons (Fsp3) is 0.467. The minimum Gasteiger partial charge on any atom is -0.469 e. The lowest BCUT2D eigenvalue weighted by atomic mass is 10.2. The number of carbonyl (C=O) groups excluding carboxylic acids is 2. The lowest BCUT2D eigenvalue weighted by molar-refractivity contribution is -0.141. The number of benzene rings is 1. The molecule has 5 nitrogen and oxygen atoms in total. The van der Waals surface area contributed by atoms with E-state index in [0.29, 0.717) is 23.8 Å². The van der Waals surface area contributed by atoms with Gasteiger partial charge in [-0.1, -0.05) is 24.6 Å². The summed E-state index contributed by atoms with van der Waals surface area (Å²) in [6, 6.07) is 5.35. The number of nitrogens with zero attached hydrogens (tertiary/aromatic N) is 1. The van der Waals surface area contributed by atoms with Gasteiger partial charge in [0.1, 0.15) is 0 Å². The van der Waals surface area contributed by atoms with Crippen molar-refractivity contribution < 1.29 is 14.3 Å². The van der Waals surface area contributed by atoms with Crippen LogP contribution in [0, 0.1) is 6.92 Å². The lowest BCUT2D eigenvalue weighted by Crippen LogP contribution is -2.34. The van der Waals surface area contributed by atoms with Crippen LogP contribution in [0.1, 0.15) is 18.9 Å². The zero-order chi connectivity index (χ0) is 15.8. The van der Waals surface area contributed by atoms with Crippen molar-refractivity contribution in [1.82, 2.24) is 4.90 Å². The molecular formula is C15H21ClN2O3. The van der Waals surface area contributed by atoms with Crippen molar-refractivity contribution in [3.8, 4) is 0 Å². The highest BCUT2D eigenvalue weighted by atomic mass is 35.5. The summed E-state index contributed by atoms with van der Waals surface area (Å²) in [6.07, 6.45) is 0.272. The summed E-state index contributed by atoms with van der Waals surface area (Å²) in [7, 11) is 1.35. The average Bonchev–Trinajstić information content (AvgIpc) is 2.46. The molecule has 0 unspecified atom stereocenters. The van der Waals surface area contributed by atoms with E-state index in [4.69, 9.17) is 11.6 Å². The molecular weight excluding hydrogens is 292 g/mol. The molecule has 1 N–H and O–H groups in total. The van der Waals surface area contributed by atoms with Crippen molar-refractivity contribution in [2.24, 2.45) is 0 Å². The molecule has 0 spiro atoms. The summed E-state index contributed by atoms with van der Waals surface area (Å²) in [5.41, 5.74) is 1.65. The Labute approximate surface area is 130 Å². The van der Waals surface area contributed by atoms with Gasteiger partial charge in [-0.3, -0.25) is 14.5 Å². The van der Waals surface area contributed by atoms with E-state index in [0.717, 1.165) is 5.56 Å². The van der Waals surface area contributed by atoms with E-state index in [1.165, 1.54) is 7.11 Å². The number of carbonyl (C=O) groups is 2. The molecule has 0 aromatic heterocycles. The van der Waals surface area contributed by atoms with Gasteiger partial charge < -0.3 is 10.1 Å². The highest BCUT2D eigenvalue weighted by Crippen LogP contribution is 2.20. The van der Waals surface area contributed by atoms with E-state index in [1.54, 1.807) is 12.1 Å². The van der Waals surface area contributed by atoms with Crippen molar-refractivity contribution in [2.45, 2.75) is 20.3 Å². The van der Waals surface area contributed by atoms with E-state index in [9.17, 15) is 9.59 Å². The maximum Gasteiger partial charge on any atom is 0.306 e. The topological polar surface area (TPSA) is 58.6 Å². The van der Waals surface area contributed by atoms with E-state index >= 15 is 0 Å². The SMILES string of the molecule is CCN(CCC(=O)OC)CC(=O)Nc1cc(Cl)ccc1C. The Kier molecular flexibility index (Phi) is 7.19. The number of rotatable bonds is 7. The van der Waals surface area contributed by atoms with Gasteiger partial charge in [0.15, 0.2) is 0 Å². The third-order valence-electron chi connectivity index (χ3n) is 3.15. The number of anilines is 1. The van der Waals surface area contributed by atoms with E-state index in [2.05, 4.69) is 10.1 Å². The van der Waals surface area contributed by atoms with Crippen LogP contribution in [-0.2, 0) is 14.3 Å². The van der Waals surface area contributed by atoms with Crippen molar-refractivity contribution >= 4 is 29.2 Å². The van der Waals surface area contributed by atoms with E-state index in [-0.39, 0.29) is 24.8 Å². The average molecular weight is 313 g/mol. The normalized spacial score (nSPS) is 10.5. The van der Waals surface area contributed by atoms with Crippen LogP contribution in [0.4, 0.5) is 5.69 Å². The van der Waals surface area contributed by atoms with Crippen molar-refractivity contribution in [3.63, 3.8) is 0 Å². The first-order chi connectivity index (χ1) is 9.96. The van der Waals surface area contributed by atoms with E-state index in [1.807, 2.05) is 24.8 Å². The van der Waals surface area contributed by atoms with Crippen molar-refractivity contribution in [1.29, 1.82) is 0 Å². The fourth-order valence-electron chi connectivity index (χ4n) is 1.82. The number of amides is 1. The largest absolute Gasteiger partial charge is 0.469 e. The van der Waals surface area contributed by atoms with Crippen LogP contribution in [0.5, 0.6) is 0 Å². The quantitative estimate of drug-likeness (QED) is 0.786. The molecule has 0 aliphatic carbocycles. The van der Waals surface area contributed by atoms with Crippen LogP contribution in [-0.4, -0.2) is 43.5 Å². The predicted molar refractivity (Wildman–Crippen MR) is 83.6 cm³/mol. The molecule has 0 radical (unpaired) electrons. The molecule has 0 fully saturated rings. The second kappa shape index (κ2) is 8.64. The van der Waals surface area contributed by atoms with Gasteiger partial charge in [0.05, 0.1) is 20.1 Å². The second-order valence-corrected chi connectivity index (χ2v) is 5.14. The van der Waals surface area contributed by atoms with Crippen LogP contribution in [0.15, 0.2) is 18.2 Å². The Hall–Kier alpha value is -1.59. The summed E-state index contributed by atoms with van der Waals surface area (Å²) in [6.45, 7) is 5.24. The van der Waals surface area contributed by atoms with Crippen LogP contribution in [0.3, 0.4) is 0 Å². The van der Waals surface area contributed by atoms with Gasteiger partial charge in [0.25, 0.3) is 0 Å². The molecule has 116 valence electrons. The summed E-state index contributed by atoms with van der Waals surface area (Å²) < 4.78 is 4.59. The van der Waals surface area contributed by atoms with Gasteiger partial charge in [0.2, 0.25) is 5.91 Å².